The maximum Gasteiger partial charge on any atom is 0.110 e. The Morgan fingerprint density at radius 2 is 2.50 bits per heavy atom. The summed E-state index contributed by atoms with van der Waals surface area (Å²) < 4.78 is 0. The molecule has 0 amide bonds. The van der Waals surface area contributed by atoms with Crippen molar-refractivity contribution in [1.29, 1.82) is 0 Å². The summed E-state index contributed by atoms with van der Waals surface area (Å²) in [5.41, 5.74) is 1.16. The Kier molecular flexibility index (Phi) is 2.13. The quantitative estimate of drug-likeness (QED) is 0.656. The van der Waals surface area contributed by atoms with Crippen LogP contribution in [0.25, 0.3) is 0 Å². The Morgan fingerprint density at radius 3 is 3.08 bits per heavy atom. The first-order chi connectivity index (χ1) is 5.86. The third-order valence-electron chi connectivity index (χ3n) is 2.41. The molecule has 0 radical (unpaired) electrons. The van der Waals surface area contributed by atoms with Crippen molar-refractivity contribution in [3.8, 4) is 0 Å². The van der Waals surface area contributed by atoms with E-state index in [9.17, 15) is 0 Å². The van der Waals surface area contributed by atoms with Crippen molar-refractivity contribution < 1.29 is 0 Å². The number of hydrogen-bond donors (Lipinski definition) is 2. The molecule has 1 aromatic heterocycles. The van der Waals surface area contributed by atoms with Gasteiger partial charge in [-0.15, -0.1) is 0 Å². The van der Waals surface area contributed by atoms with Gasteiger partial charge in [0.1, 0.15) is 5.82 Å². The van der Waals surface area contributed by atoms with Crippen LogP contribution < -0.4 is 5.32 Å². The first-order valence-electron chi connectivity index (χ1n) is 4.58. The fourth-order valence-corrected chi connectivity index (χ4v) is 1.73. The summed E-state index contributed by atoms with van der Waals surface area (Å²) in [6.45, 7) is 4.29. The largest absolute Gasteiger partial charge is 0.346 e. The molecule has 1 aliphatic rings. The van der Waals surface area contributed by atoms with Crippen LogP contribution in [0.5, 0.6) is 0 Å². The predicted molar refractivity (Wildman–Crippen MR) is 48.2 cm³/mol. The van der Waals surface area contributed by atoms with Gasteiger partial charge in [-0.25, -0.2) is 4.98 Å². The van der Waals surface area contributed by atoms with E-state index in [2.05, 4.69) is 15.3 Å². The van der Waals surface area contributed by atoms with Crippen molar-refractivity contribution in [3.05, 3.63) is 17.7 Å². The Hall–Kier alpha value is -0.830. The van der Waals surface area contributed by atoms with Crippen LogP contribution in [0.2, 0.25) is 0 Å². The molecule has 1 aromatic rings. The number of nitrogens with zero attached hydrogens (tertiary/aromatic N) is 1. The molecule has 0 spiro atoms. The topological polar surface area (TPSA) is 40.7 Å². The predicted octanol–water partition coefficient (Wildman–Crippen LogP) is 1.19. The average molecular weight is 165 g/mol. The summed E-state index contributed by atoms with van der Waals surface area (Å²) in [6.07, 6.45) is 4.44. The second kappa shape index (κ2) is 3.27. The van der Waals surface area contributed by atoms with Gasteiger partial charge in [0.15, 0.2) is 0 Å². The lowest BCUT2D eigenvalue weighted by atomic mass is 9.99. The zero-order valence-electron chi connectivity index (χ0n) is 7.43. The van der Waals surface area contributed by atoms with E-state index in [-0.39, 0.29) is 0 Å². The van der Waals surface area contributed by atoms with Gasteiger partial charge in [0, 0.05) is 24.4 Å². The third-order valence-corrected chi connectivity index (χ3v) is 2.41. The van der Waals surface area contributed by atoms with Crippen molar-refractivity contribution in [2.75, 3.05) is 13.1 Å². The van der Waals surface area contributed by atoms with Gasteiger partial charge in [0.25, 0.3) is 0 Å². The summed E-state index contributed by atoms with van der Waals surface area (Å²) >= 11 is 0. The molecule has 1 saturated heterocycles. The van der Waals surface area contributed by atoms with E-state index in [1.807, 2.05) is 13.1 Å². The van der Waals surface area contributed by atoms with Crippen LogP contribution in [0.3, 0.4) is 0 Å². The summed E-state index contributed by atoms with van der Waals surface area (Å²) in [4.78, 5) is 7.64. The Labute approximate surface area is 72.6 Å². The summed E-state index contributed by atoms with van der Waals surface area (Å²) in [7, 11) is 0. The van der Waals surface area contributed by atoms with Crippen molar-refractivity contribution in [3.63, 3.8) is 0 Å². The molecule has 2 heterocycles. The van der Waals surface area contributed by atoms with Crippen LogP contribution in [-0.4, -0.2) is 23.1 Å². The highest BCUT2D eigenvalue weighted by molar-refractivity contribution is 5.05. The molecule has 2 rings (SSSR count). The van der Waals surface area contributed by atoms with E-state index >= 15 is 0 Å². The van der Waals surface area contributed by atoms with Gasteiger partial charge in [0.2, 0.25) is 0 Å². The Bertz CT molecular complexity index is 248. The van der Waals surface area contributed by atoms with Crippen LogP contribution >= 0.6 is 0 Å². The third kappa shape index (κ3) is 1.50. The number of piperidine rings is 1. The van der Waals surface area contributed by atoms with E-state index in [4.69, 9.17) is 0 Å². The minimum absolute atomic E-state index is 0.604. The minimum Gasteiger partial charge on any atom is -0.346 e. The van der Waals surface area contributed by atoms with E-state index in [1.54, 1.807) is 0 Å². The molecule has 0 aliphatic carbocycles. The van der Waals surface area contributed by atoms with Gasteiger partial charge in [0.05, 0.1) is 0 Å². The molecule has 1 aliphatic heterocycles. The monoisotopic (exact) mass is 165 g/mol. The second-order valence-electron chi connectivity index (χ2n) is 3.49. The first-order valence-corrected chi connectivity index (χ1v) is 4.58. The van der Waals surface area contributed by atoms with Gasteiger partial charge < -0.3 is 10.3 Å². The SMILES string of the molecule is Cc1cnc([C@H]2CCCNC2)[nH]1. The molecule has 3 heteroatoms. The van der Waals surface area contributed by atoms with Crippen LogP contribution in [0.15, 0.2) is 6.20 Å². The number of rotatable bonds is 1. The first kappa shape index (κ1) is 7.80. The summed E-state index contributed by atoms with van der Waals surface area (Å²) in [6, 6.07) is 0. The Morgan fingerprint density at radius 1 is 1.58 bits per heavy atom. The van der Waals surface area contributed by atoms with Crippen molar-refractivity contribution in [2.45, 2.75) is 25.7 Å². The Balaban J connectivity index is 2.08. The van der Waals surface area contributed by atoms with Gasteiger partial charge in [-0.2, -0.15) is 0 Å². The van der Waals surface area contributed by atoms with Gasteiger partial charge in [-0.1, -0.05) is 0 Å². The number of hydrogen-bond acceptors (Lipinski definition) is 2. The van der Waals surface area contributed by atoms with E-state index in [0.29, 0.717) is 5.92 Å². The highest BCUT2D eigenvalue weighted by Crippen LogP contribution is 2.19. The summed E-state index contributed by atoms with van der Waals surface area (Å²) in [5, 5.41) is 3.38. The van der Waals surface area contributed by atoms with Crippen molar-refractivity contribution >= 4 is 0 Å². The average Bonchev–Trinajstić information content (AvgIpc) is 2.54. The normalized spacial score (nSPS) is 24.2. The molecule has 66 valence electrons. The van der Waals surface area contributed by atoms with E-state index in [0.717, 1.165) is 24.6 Å². The van der Waals surface area contributed by atoms with Crippen LogP contribution in [-0.2, 0) is 0 Å². The fourth-order valence-electron chi connectivity index (χ4n) is 1.73. The minimum atomic E-state index is 0.604. The van der Waals surface area contributed by atoms with Crippen molar-refractivity contribution in [1.82, 2.24) is 15.3 Å². The molecule has 12 heavy (non-hydrogen) atoms. The zero-order chi connectivity index (χ0) is 8.39. The molecular formula is C9H15N3. The lowest BCUT2D eigenvalue weighted by Gasteiger charge is -2.20. The zero-order valence-corrected chi connectivity index (χ0v) is 7.43. The van der Waals surface area contributed by atoms with Crippen molar-refractivity contribution in [2.24, 2.45) is 0 Å². The maximum atomic E-state index is 4.34. The molecule has 0 saturated carbocycles. The number of imidazole rings is 1. The van der Waals surface area contributed by atoms with Gasteiger partial charge in [-0.3, -0.25) is 0 Å². The number of aryl methyl sites for hydroxylation is 1. The molecule has 0 bridgehead atoms. The highest BCUT2D eigenvalue weighted by Gasteiger charge is 2.16. The number of H-pyrrole nitrogens is 1. The van der Waals surface area contributed by atoms with Gasteiger partial charge >= 0.3 is 0 Å². The van der Waals surface area contributed by atoms with Crippen LogP contribution in [0, 0.1) is 6.92 Å². The maximum absolute atomic E-state index is 4.34. The number of nitrogens with one attached hydrogen (secondary N) is 2. The molecule has 0 aromatic carbocycles. The smallest absolute Gasteiger partial charge is 0.110 e. The van der Waals surface area contributed by atoms with E-state index in [1.165, 1.54) is 12.8 Å². The molecule has 2 N–H and O–H groups in total. The molecule has 0 unspecified atom stereocenters. The van der Waals surface area contributed by atoms with Crippen LogP contribution in [0.4, 0.5) is 0 Å². The molecular weight excluding hydrogens is 150 g/mol. The fraction of sp³-hybridized carbons (Fsp3) is 0.667. The lowest BCUT2D eigenvalue weighted by molar-refractivity contribution is 0.448. The summed E-state index contributed by atoms with van der Waals surface area (Å²) in [5.74, 6) is 1.76. The molecule has 3 nitrogen and oxygen atoms in total. The standard InChI is InChI=1S/C9H15N3/c1-7-5-11-9(12-7)8-3-2-4-10-6-8/h5,8,10H,2-4,6H2,1H3,(H,11,12)/t8-/m0/s1. The number of aromatic nitrogens is 2. The van der Waals surface area contributed by atoms with Crippen LogP contribution in [0.1, 0.15) is 30.3 Å². The highest BCUT2D eigenvalue weighted by atomic mass is 15.0. The molecule has 1 atom stereocenters. The van der Waals surface area contributed by atoms with Gasteiger partial charge in [-0.05, 0) is 26.3 Å². The van der Waals surface area contributed by atoms with E-state index < -0.39 is 0 Å². The lowest BCUT2D eigenvalue weighted by Crippen LogP contribution is -2.28. The number of aromatic amines is 1. The molecule has 1 fully saturated rings. The second-order valence-corrected chi connectivity index (χ2v) is 3.49.